The van der Waals surface area contributed by atoms with Crippen molar-refractivity contribution in [3.8, 4) is 11.8 Å². The number of nitriles is 1. The van der Waals surface area contributed by atoms with E-state index in [9.17, 15) is 25.3 Å². The van der Waals surface area contributed by atoms with Crippen LogP contribution in [0.2, 0.25) is 0 Å². The van der Waals surface area contributed by atoms with Crippen LogP contribution in [-0.4, -0.2) is 21.8 Å². The molecule has 1 aliphatic heterocycles. The summed E-state index contributed by atoms with van der Waals surface area (Å²) in [6.45, 7) is 0. The highest BCUT2D eigenvalue weighted by Crippen LogP contribution is 2.40. The van der Waals surface area contributed by atoms with Gasteiger partial charge in [0.2, 0.25) is 5.75 Å². The second-order valence-corrected chi connectivity index (χ2v) is 6.98. The zero-order valence-electron chi connectivity index (χ0n) is 16.1. The summed E-state index contributed by atoms with van der Waals surface area (Å²) < 4.78 is 0. The molecule has 3 aromatic carbocycles. The molecule has 0 fully saturated rings. The van der Waals surface area contributed by atoms with Crippen LogP contribution in [0.1, 0.15) is 34.2 Å². The van der Waals surface area contributed by atoms with E-state index < -0.39 is 34.4 Å². The maximum Gasteiger partial charge on any atom is 0.341 e. The van der Waals surface area contributed by atoms with Crippen LogP contribution >= 0.6 is 0 Å². The second kappa shape index (κ2) is 8.08. The van der Waals surface area contributed by atoms with E-state index in [1.165, 1.54) is 12.1 Å². The molecule has 0 saturated carbocycles. The molecule has 2 amide bonds. The minimum atomic E-state index is -0.756. The molecular formula is C23H16N4O4. The summed E-state index contributed by atoms with van der Waals surface area (Å²) in [5, 5.41) is 33.7. The summed E-state index contributed by atoms with van der Waals surface area (Å²) in [4.78, 5) is 27.4. The van der Waals surface area contributed by atoms with Crippen molar-refractivity contribution >= 4 is 17.4 Å². The van der Waals surface area contributed by atoms with Gasteiger partial charge in [0.1, 0.15) is 11.6 Å². The molecule has 1 heterocycles. The van der Waals surface area contributed by atoms with Crippen LogP contribution < -0.4 is 5.32 Å². The SMILES string of the molecule is N#Cc1cc(C2NC(=O)N=C(c3ccccc3)C2c2ccccc2)cc([N+](=O)[O-])c1O. The number of nitro groups is 1. The van der Waals surface area contributed by atoms with Crippen LogP contribution in [0.15, 0.2) is 77.8 Å². The zero-order chi connectivity index (χ0) is 22.0. The lowest BCUT2D eigenvalue weighted by molar-refractivity contribution is -0.386. The van der Waals surface area contributed by atoms with Gasteiger partial charge in [0.05, 0.1) is 22.6 Å². The van der Waals surface area contributed by atoms with Crippen LogP contribution in [0.5, 0.6) is 5.75 Å². The normalized spacial score (nSPS) is 17.9. The maximum atomic E-state index is 12.5. The van der Waals surface area contributed by atoms with Crippen LogP contribution in [0.3, 0.4) is 0 Å². The number of hydrogen-bond acceptors (Lipinski definition) is 5. The molecular weight excluding hydrogens is 396 g/mol. The summed E-state index contributed by atoms with van der Waals surface area (Å²) in [6, 6.07) is 21.5. The zero-order valence-corrected chi connectivity index (χ0v) is 16.1. The van der Waals surface area contributed by atoms with Gasteiger partial charge in [-0.05, 0) is 22.8 Å². The van der Waals surface area contributed by atoms with E-state index in [2.05, 4.69) is 10.3 Å². The topological polar surface area (TPSA) is 129 Å². The van der Waals surface area contributed by atoms with Crippen LogP contribution in [0, 0.1) is 21.4 Å². The number of carbonyl (C=O) groups excluding carboxylic acids is 1. The number of nitrogens with one attached hydrogen (secondary N) is 1. The molecule has 1 aliphatic rings. The van der Waals surface area contributed by atoms with Gasteiger partial charge in [0.25, 0.3) is 0 Å². The number of urea groups is 1. The van der Waals surface area contributed by atoms with Crippen LogP contribution in [-0.2, 0) is 0 Å². The molecule has 0 bridgehead atoms. The molecule has 2 N–H and O–H groups in total. The van der Waals surface area contributed by atoms with Crippen molar-refractivity contribution in [2.45, 2.75) is 12.0 Å². The third-order valence-electron chi connectivity index (χ3n) is 5.15. The van der Waals surface area contributed by atoms with E-state index in [1.54, 1.807) is 6.07 Å². The molecule has 0 aromatic heterocycles. The van der Waals surface area contributed by atoms with Crippen molar-refractivity contribution in [2.24, 2.45) is 4.99 Å². The first-order valence-electron chi connectivity index (χ1n) is 9.40. The van der Waals surface area contributed by atoms with Crippen molar-refractivity contribution in [3.63, 3.8) is 0 Å². The Morgan fingerprint density at radius 2 is 1.68 bits per heavy atom. The Balaban J connectivity index is 1.94. The Hall–Kier alpha value is -4.51. The number of nitrogens with zero attached hydrogens (tertiary/aromatic N) is 3. The van der Waals surface area contributed by atoms with Crippen molar-refractivity contribution in [1.29, 1.82) is 5.26 Å². The van der Waals surface area contributed by atoms with Gasteiger partial charge in [-0.1, -0.05) is 60.7 Å². The fourth-order valence-electron chi connectivity index (χ4n) is 3.77. The summed E-state index contributed by atoms with van der Waals surface area (Å²) >= 11 is 0. The predicted octanol–water partition coefficient (Wildman–Crippen LogP) is 4.21. The van der Waals surface area contributed by atoms with Gasteiger partial charge in [0, 0.05) is 6.07 Å². The fraction of sp³-hybridized carbons (Fsp3) is 0.0870. The van der Waals surface area contributed by atoms with Crippen LogP contribution in [0.4, 0.5) is 10.5 Å². The van der Waals surface area contributed by atoms with Gasteiger partial charge in [0.15, 0.2) is 0 Å². The van der Waals surface area contributed by atoms with Gasteiger partial charge >= 0.3 is 11.7 Å². The second-order valence-electron chi connectivity index (χ2n) is 6.98. The first-order chi connectivity index (χ1) is 15.0. The number of phenols is 1. The summed E-state index contributed by atoms with van der Waals surface area (Å²) in [7, 11) is 0. The maximum absolute atomic E-state index is 12.5. The van der Waals surface area contributed by atoms with Gasteiger partial charge < -0.3 is 10.4 Å². The number of carbonyl (C=O) groups is 1. The Kier molecular flexibility index (Phi) is 5.16. The molecule has 0 spiro atoms. The minimum absolute atomic E-state index is 0.242. The van der Waals surface area contributed by atoms with Crippen molar-refractivity contribution in [1.82, 2.24) is 5.32 Å². The molecule has 3 aromatic rings. The number of benzene rings is 3. The number of nitro benzene ring substituents is 1. The molecule has 8 heteroatoms. The highest BCUT2D eigenvalue weighted by molar-refractivity contribution is 6.12. The quantitative estimate of drug-likeness (QED) is 0.490. The average Bonchev–Trinajstić information content (AvgIpc) is 2.79. The van der Waals surface area contributed by atoms with Crippen molar-refractivity contribution < 1.29 is 14.8 Å². The molecule has 152 valence electrons. The Bertz CT molecular complexity index is 1230. The van der Waals surface area contributed by atoms with Crippen molar-refractivity contribution in [3.05, 3.63) is 105 Å². The van der Waals surface area contributed by atoms with E-state index >= 15 is 0 Å². The van der Waals surface area contributed by atoms with Gasteiger partial charge in [-0.15, -0.1) is 0 Å². The van der Waals surface area contributed by atoms with E-state index in [4.69, 9.17) is 0 Å². The van der Waals surface area contributed by atoms with Gasteiger partial charge in [-0.3, -0.25) is 10.1 Å². The standard InChI is InChI=1S/C23H16N4O4/c24-13-17-11-16(12-18(22(17)28)27(30)31)21-19(14-7-3-1-4-8-14)20(25-23(29)26-21)15-9-5-2-6-10-15/h1-12,19,21,28H,(H,26,29). The Labute approximate surface area is 177 Å². The van der Waals surface area contributed by atoms with E-state index in [1.807, 2.05) is 60.7 Å². The smallest absolute Gasteiger partial charge is 0.341 e. The summed E-state index contributed by atoms with van der Waals surface area (Å²) in [6.07, 6.45) is 0. The predicted molar refractivity (Wildman–Crippen MR) is 113 cm³/mol. The third-order valence-corrected chi connectivity index (χ3v) is 5.15. The third kappa shape index (κ3) is 3.72. The molecule has 0 saturated heterocycles. The number of amides is 2. The van der Waals surface area contributed by atoms with E-state index in [-0.39, 0.29) is 5.56 Å². The molecule has 2 unspecified atom stereocenters. The largest absolute Gasteiger partial charge is 0.501 e. The highest BCUT2D eigenvalue weighted by atomic mass is 16.6. The number of phenolic OH excluding ortho intramolecular Hbond substituents is 1. The number of aliphatic imine (C=N–C) groups is 1. The first kappa shape index (κ1) is 19.8. The van der Waals surface area contributed by atoms with E-state index in [0.29, 0.717) is 11.3 Å². The molecule has 31 heavy (non-hydrogen) atoms. The molecule has 0 aliphatic carbocycles. The Morgan fingerprint density at radius 1 is 1.03 bits per heavy atom. The van der Waals surface area contributed by atoms with Crippen molar-refractivity contribution in [2.75, 3.05) is 0 Å². The molecule has 4 rings (SSSR count). The van der Waals surface area contributed by atoms with Gasteiger partial charge in [-0.2, -0.15) is 10.3 Å². The summed E-state index contributed by atoms with van der Waals surface area (Å²) in [5.41, 5.74) is 1.57. The summed E-state index contributed by atoms with van der Waals surface area (Å²) in [5.74, 6) is -1.18. The monoisotopic (exact) mass is 412 g/mol. The lowest BCUT2D eigenvalue weighted by atomic mass is 9.79. The molecule has 2 atom stereocenters. The lowest BCUT2D eigenvalue weighted by Crippen LogP contribution is -2.40. The lowest BCUT2D eigenvalue weighted by Gasteiger charge is -2.33. The van der Waals surface area contributed by atoms with Crippen LogP contribution in [0.25, 0.3) is 0 Å². The number of aromatic hydroxyl groups is 1. The minimum Gasteiger partial charge on any atom is -0.501 e. The fourth-order valence-corrected chi connectivity index (χ4v) is 3.77. The highest BCUT2D eigenvalue weighted by Gasteiger charge is 2.37. The molecule has 8 nitrogen and oxygen atoms in total. The first-order valence-corrected chi connectivity index (χ1v) is 9.40. The van der Waals surface area contributed by atoms with Gasteiger partial charge in [-0.25, -0.2) is 4.79 Å². The Morgan fingerprint density at radius 3 is 2.29 bits per heavy atom. The van der Waals surface area contributed by atoms with E-state index in [0.717, 1.165) is 11.1 Å². The average molecular weight is 412 g/mol. The molecule has 0 radical (unpaired) electrons. The number of hydrogen-bond donors (Lipinski definition) is 2. The number of rotatable bonds is 4.